The van der Waals surface area contributed by atoms with Crippen molar-refractivity contribution in [2.45, 2.75) is 52.7 Å². The largest absolute Gasteiger partial charge is 0.490 e. The zero-order valence-corrected chi connectivity index (χ0v) is 12.8. The number of ether oxygens (including phenoxy) is 1. The third-order valence-electron chi connectivity index (χ3n) is 3.45. The Balaban J connectivity index is 2.88. The Bertz CT molecular complexity index is 402. The first-order valence-electron chi connectivity index (χ1n) is 7.08. The van der Waals surface area contributed by atoms with Gasteiger partial charge in [-0.25, -0.2) is 0 Å². The number of rotatable bonds is 7. The van der Waals surface area contributed by atoms with Crippen LogP contribution >= 0.6 is 0 Å². The van der Waals surface area contributed by atoms with Crippen molar-refractivity contribution in [1.82, 2.24) is 5.32 Å². The van der Waals surface area contributed by atoms with Crippen molar-refractivity contribution in [2.75, 3.05) is 13.2 Å². The molecule has 0 saturated heterocycles. The molecule has 108 valence electrons. The van der Waals surface area contributed by atoms with Crippen molar-refractivity contribution in [3.05, 3.63) is 29.3 Å². The van der Waals surface area contributed by atoms with E-state index in [4.69, 9.17) is 4.74 Å². The first-order valence-corrected chi connectivity index (χ1v) is 7.08. The van der Waals surface area contributed by atoms with E-state index in [1.807, 2.05) is 19.9 Å². The smallest absolute Gasteiger partial charge is 0.124 e. The predicted molar refractivity (Wildman–Crippen MR) is 79.7 cm³/mol. The van der Waals surface area contributed by atoms with Gasteiger partial charge in [-0.3, -0.25) is 0 Å². The third-order valence-corrected chi connectivity index (χ3v) is 3.45. The molecule has 0 bridgehead atoms. The zero-order chi connectivity index (χ0) is 14.5. The fourth-order valence-corrected chi connectivity index (χ4v) is 1.88. The Hall–Kier alpha value is -1.06. The molecule has 1 rings (SSSR count). The zero-order valence-electron chi connectivity index (χ0n) is 12.8. The summed E-state index contributed by atoms with van der Waals surface area (Å²) in [6.07, 6.45) is 0.677. The standard InChI is InChI=1S/C16H27NO2/c1-6-16(5,18)11-19-15-10-12(3)8-9-14(15)13(4)17-7-2/h8-10,13,17-18H,6-7,11H2,1-5H3. The summed E-state index contributed by atoms with van der Waals surface area (Å²) in [6.45, 7) is 11.3. The van der Waals surface area contributed by atoms with Crippen LogP contribution in [0.25, 0.3) is 0 Å². The second-order valence-corrected chi connectivity index (χ2v) is 5.46. The van der Waals surface area contributed by atoms with Crippen molar-refractivity contribution < 1.29 is 9.84 Å². The Morgan fingerprint density at radius 2 is 2.05 bits per heavy atom. The molecule has 1 aromatic carbocycles. The number of aryl methyl sites for hydroxylation is 1. The highest BCUT2D eigenvalue weighted by Crippen LogP contribution is 2.27. The third kappa shape index (κ3) is 4.84. The van der Waals surface area contributed by atoms with E-state index in [1.165, 1.54) is 5.56 Å². The lowest BCUT2D eigenvalue weighted by Gasteiger charge is -2.24. The second-order valence-electron chi connectivity index (χ2n) is 5.46. The summed E-state index contributed by atoms with van der Waals surface area (Å²) < 4.78 is 5.85. The fourth-order valence-electron chi connectivity index (χ4n) is 1.88. The minimum absolute atomic E-state index is 0.243. The van der Waals surface area contributed by atoms with Crippen LogP contribution in [0, 0.1) is 6.92 Å². The summed E-state index contributed by atoms with van der Waals surface area (Å²) in [5.41, 5.74) is 1.53. The van der Waals surface area contributed by atoms with Gasteiger partial charge in [0.25, 0.3) is 0 Å². The lowest BCUT2D eigenvalue weighted by molar-refractivity contribution is 0.00803. The summed E-state index contributed by atoms with van der Waals surface area (Å²) in [5.74, 6) is 0.863. The lowest BCUT2D eigenvalue weighted by atomic mass is 10.0. The molecule has 3 nitrogen and oxygen atoms in total. The molecule has 1 aromatic rings. The molecule has 0 aromatic heterocycles. The summed E-state index contributed by atoms with van der Waals surface area (Å²) in [7, 11) is 0. The maximum Gasteiger partial charge on any atom is 0.124 e. The first-order chi connectivity index (χ1) is 8.89. The van der Waals surface area contributed by atoms with Gasteiger partial charge in [-0.2, -0.15) is 0 Å². The van der Waals surface area contributed by atoms with Crippen LogP contribution in [0.5, 0.6) is 5.75 Å². The molecule has 2 unspecified atom stereocenters. The maximum absolute atomic E-state index is 10.0. The molecule has 0 aliphatic rings. The summed E-state index contributed by atoms with van der Waals surface area (Å²) in [6, 6.07) is 6.47. The average Bonchev–Trinajstić information content (AvgIpc) is 2.37. The molecule has 3 heteroatoms. The van der Waals surface area contributed by atoms with Gasteiger partial charge in [0.05, 0.1) is 5.60 Å². The van der Waals surface area contributed by atoms with Gasteiger partial charge in [0.15, 0.2) is 0 Å². The molecular formula is C16H27NO2. The van der Waals surface area contributed by atoms with Crippen LogP contribution in [0.2, 0.25) is 0 Å². The number of hydrogen-bond donors (Lipinski definition) is 2. The van der Waals surface area contributed by atoms with E-state index in [1.54, 1.807) is 6.92 Å². The molecule has 19 heavy (non-hydrogen) atoms. The van der Waals surface area contributed by atoms with E-state index >= 15 is 0 Å². The summed E-state index contributed by atoms with van der Waals surface area (Å²) >= 11 is 0. The minimum atomic E-state index is -0.775. The Morgan fingerprint density at radius 3 is 2.63 bits per heavy atom. The monoisotopic (exact) mass is 265 g/mol. The predicted octanol–water partition coefficient (Wildman–Crippen LogP) is 3.21. The molecule has 0 spiro atoms. The molecule has 0 radical (unpaired) electrons. The molecule has 0 aliphatic heterocycles. The number of nitrogens with one attached hydrogen (secondary N) is 1. The van der Waals surface area contributed by atoms with Gasteiger partial charge < -0.3 is 15.2 Å². The van der Waals surface area contributed by atoms with E-state index in [0.717, 1.165) is 17.9 Å². The molecule has 2 N–H and O–H groups in total. The molecule has 0 heterocycles. The van der Waals surface area contributed by atoms with E-state index in [-0.39, 0.29) is 6.04 Å². The fraction of sp³-hybridized carbons (Fsp3) is 0.625. The number of benzene rings is 1. The molecular weight excluding hydrogens is 238 g/mol. The van der Waals surface area contributed by atoms with Gasteiger partial charge in [-0.05, 0) is 45.4 Å². The number of hydrogen-bond acceptors (Lipinski definition) is 3. The average molecular weight is 265 g/mol. The Labute approximate surface area is 117 Å². The van der Waals surface area contributed by atoms with Crippen molar-refractivity contribution in [3.8, 4) is 5.75 Å². The van der Waals surface area contributed by atoms with Crippen LogP contribution in [0.4, 0.5) is 0 Å². The van der Waals surface area contributed by atoms with E-state index in [0.29, 0.717) is 13.0 Å². The summed E-state index contributed by atoms with van der Waals surface area (Å²) in [4.78, 5) is 0. The molecule has 2 atom stereocenters. The van der Waals surface area contributed by atoms with Crippen molar-refractivity contribution in [2.24, 2.45) is 0 Å². The first kappa shape index (κ1) is 16.0. The highest BCUT2D eigenvalue weighted by Gasteiger charge is 2.20. The summed E-state index contributed by atoms with van der Waals surface area (Å²) in [5, 5.41) is 13.4. The van der Waals surface area contributed by atoms with Crippen LogP contribution in [-0.4, -0.2) is 23.9 Å². The Morgan fingerprint density at radius 1 is 1.37 bits per heavy atom. The van der Waals surface area contributed by atoms with Gasteiger partial charge in [0.1, 0.15) is 12.4 Å². The van der Waals surface area contributed by atoms with Crippen molar-refractivity contribution >= 4 is 0 Å². The molecule has 0 aliphatic carbocycles. The van der Waals surface area contributed by atoms with E-state index in [9.17, 15) is 5.11 Å². The minimum Gasteiger partial charge on any atom is -0.490 e. The Kier molecular flexibility index (Phi) is 5.83. The van der Waals surface area contributed by atoms with Gasteiger partial charge in [-0.1, -0.05) is 26.0 Å². The quantitative estimate of drug-likeness (QED) is 0.795. The van der Waals surface area contributed by atoms with Crippen molar-refractivity contribution in [3.63, 3.8) is 0 Å². The molecule has 0 saturated carbocycles. The SMILES string of the molecule is CCNC(C)c1ccc(C)cc1OCC(C)(O)CC. The topological polar surface area (TPSA) is 41.5 Å². The maximum atomic E-state index is 10.0. The van der Waals surface area contributed by atoms with Crippen LogP contribution in [-0.2, 0) is 0 Å². The second kappa shape index (κ2) is 6.92. The normalized spacial score (nSPS) is 15.9. The molecule has 0 fully saturated rings. The van der Waals surface area contributed by atoms with Gasteiger partial charge in [0.2, 0.25) is 0 Å². The lowest BCUT2D eigenvalue weighted by Crippen LogP contribution is -2.31. The van der Waals surface area contributed by atoms with Gasteiger partial charge in [-0.15, -0.1) is 0 Å². The van der Waals surface area contributed by atoms with Gasteiger partial charge >= 0.3 is 0 Å². The number of aliphatic hydroxyl groups is 1. The highest BCUT2D eigenvalue weighted by molar-refractivity contribution is 5.39. The van der Waals surface area contributed by atoms with Crippen LogP contribution in [0.15, 0.2) is 18.2 Å². The molecule has 0 amide bonds. The van der Waals surface area contributed by atoms with E-state index < -0.39 is 5.60 Å². The van der Waals surface area contributed by atoms with E-state index in [2.05, 4.69) is 31.3 Å². The van der Waals surface area contributed by atoms with Crippen molar-refractivity contribution in [1.29, 1.82) is 0 Å². The van der Waals surface area contributed by atoms with Crippen LogP contribution < -0.4 is 10.1 Å². The van der Waals surface area contributed by atoms with Crippen LogP contribution in [0.3, 0.4) is 0 Å². The van der Waals surface area contributed by atoms with Gasteiger partial charge in [0, 0.05) is 11.6 Å². The van der Waals surface area contributed by atoms with Crippen LogP contribution in [0.1, 0.15) is 51.3 Å². The highest BCUT2D eigenvalue weighted by atomic mass is 16.5.